The van der Waals surface area contributed by atoms with Gasteiger partial charge in [-0.1, -0.05) is 28.9 Å². The molecule has 1 aromatic carbocycles. The Balaban J connectivity index is 2.12. The van der Waals surface area contributed by atoms with Crippen molar-refractivity contribution in [3.8, 4) is 0 Å². The van der Waals surface area contributed by atoms with Crippen LogP contribution in [0.3, 0.4) is 0 Å². The van der Waals surface area contributed by atoms with Crippen molar-refractivity contribution in [2.45, 2.75) is 29.9 Å². The first kappa shape index (κ1) is 13.6. The predicted molar refractivity (Wildman–Crippen MR) is 76.6 cm³/mol. The van der Waals surface area contributed by atoms with E-state index in [1.807, 2.05) is 0 Å². The van der Waals surface area contributed by atoms with Crippen LogP contribution in [-0.2, 0) is 6.54 Å². The third-order valence-corrected chi connectivity index (χ3v) is 3.85. The van der Waals surface area contributed by atoms with Gasteiger partial charge < -0.3 is 5.32 Å². The fraction of sp³-hybridized carbons (Fsp3) is 0.333. The van der Waals surface area contributed by atoms with Crippen LogP contribution in [0.15, 0.2) is 39.1 Å². The number of aromatic nitrogens is 3. The van der Waals surface area contributed by atoms with Gasteiger partial charge in [-0.05, 0) is 42.4 Å². The van der Waals surface area contributed by atoms with E-state index in [1.165, 1.54) is 16.8 Å². The van der Waals surface area contributed by atoms with Crippen LogP contribution in [0.25, 0.3) is 0 Å². The molecule has 2 rings (SSSR count). The molecule has 0 saturated heterocycles. The summed E-state index contributed by atoms with van der Waals surface area (Å²) in [4.78, 5) is 5.32. The second-order valence-electron chi connectivity index (χ2n) is 3.82. The van der Waals surface area contributed by atoms with Crippen LogP contribution < -0.4 is 5.32 Å². The number of H-pyrrole nitrogens is 1. The largest absolute Gasteiger partial charge is 0.313 e. The van der Waals surface area contributed by atoms with E-state index in [1.54, 1.807) is 11.8 Å². The fourth-order valence-electron chi connectivity index (χ4n) is 1.52. The summed E-state index contributed by atoms with van der Waals surface area (Å²) in [6, 6.07) is 6.30. The minimum atomic E-state index is 0.810. The van der Waals surface area contributed by atoms with E-state index in [4.69, 9.17) is 0 Å². The zero-order valence-electron chi connectivity index (χ0n) is 10.1. The Bertz CT molecular complexity index is 487. The van der Waals surface area contributed by atoms with Crippen LogP contribution in [0.5, 0.6) is 0 Å². The second kappa shape index (κ2) is 6.92. The molecule has 0 unspecified atom stereocenters. The van der Waals surface area contributed by atoms with Crippen molar-refractivity contribution in [2.24, 2.45) is 0 Å². The molecule has 0 bridgehead atoms. The molecule has 0 aliphatic heterocycles. The molecule has 0 radical (unpaired) electrons. The Morgan fingerprint density at radius 1 is 1.44 bits per heavy atom. The van der Waals surface area contributed by atoms with Gasteiger partial charge in [0.05, 0.1) is 0 Å². The van der Waals surface area contributed by atoms with Crippen molar-refractivity contribution in [1.82, 2.24) is 20.5 Å². The van der Waals surface area contributed by atoms with Gasteiger partial charge in [0.1, 0.15) is 6.33 Å². The molecule has 2 N–H and O–H groups in total. The van der Waals surface area contributed by atoms with Crippen LogP contribution in [-0.4, -0.2) is 21.7 Å². The molecule has 2 aromatic rings. The average molecular weight is 327 g/mol. The molecule has 4 nitrogen and oxygen atoms in total. The molecular formula is C12H15BrN4S. The monoisotopic (exact) mass is 326 g/mol. The second-order valence-corrected chi connectivity index (χ2v) is 5.77. The highest BCUT2D eigenvalue weighted by Gasteiger charge is 2.07. The van der Waals surface area contributed by atoms with E-state index in [2.05, 4.69) is 61.6 Å². The third kappa shape index (κ3) is 3.83. The highest BCUT2D eigenvalue weighted by molar-refractivity contribution is 9.10. The first-order valence-corrected chi connectivity index (χ1v) is 7.43. The lowest BCUT2D eigenvalue weighted by molar-refractivity contribution is 0.669. The van der Waals surface area contributed by atoms with Crippen LogP contribution in [0.4, 0.5) is 0 Å². The predicted octanol–water partition coefficient (Wildman–Crippen LogP) is 3.22. The van der Waals surface area contributed by atoms with Gasteiger partial charge in [0.25, 0.3) is 0 Å². The summed E-state index contributed by atoms with van der Waals surface area (Å²) in [7, 11) is 0. The highest BCUT2D eigenvalue weighted by Crippen LogP contribution is 2.30. The lowest BCUT2D eigenvalue weighted by Gasteiger charge is -2.09. The molecule has 1 heterocycles. The Labute approximate surface area is 119 Å². The van der Waals surface area contributed by atoms with E-state index in [0.29, 0.717) is 0 Å². The zero-order valence-corrected chi connectivity index (χ0v) is 12.5. The first-order chi connectivity index (χ1) is 8.79. The molecule has 0 atom stereocenters. The Morgan fingerprint density at radius 2 is 2.33 bits per heavy atom. The maximum atomic E-state index is 4.14. The van der Waals surface area contributed by atoms with Crippen molar-refractivity contribution >= 4 is 27.7 Å². The number of hydrogen-bond acceptors (Lipinski definition) is 4. The van der Waals surface area contributed by atoms with E-state index in [0.717, 1.165) is 29.1 Å². The summed E-state index contributed by atoms with van der Waals surface area (Å²) in [5.41, 5.74) is 1.27. The Kier molecular flexibility index (Phi) is 5.22. The molecule has 0 fully saturated rings. The van der Waals surface area contributed by atoms with Gasteiger partial charge in [0.15, 0.2) is 5.16 Å². The lowest BCUT2D eigenvalue weighted by atomic mass is 10.2. The summed E-state index contributed by atoms with van der Waals surface area (Å²) in [5, 5.41) is 11.0. The average Bonchev–Trinajstić information content (AvgIpc) is 2.85. The van der Waals surface area contributed by atoms with Crippen molar-refractivity contribution < 1.29 is 0 Å². The van der Waals surface area contributed by atoms with Crippen molar-refractivity contribution in [3.05, 3.63) is 34.6 Å². The molecule has 96 valence electrons. The molecule has 0 saturated carbocycles. The van der Waals surface area contributed by atoms with Gasteiger partial charge in [0, 0.05) is 15.9 Å². The van der Waals surface area contributed by atoms with Gasteiger partial charge in [-0.15, -0.1) is 0 Å². The SMILES string of the molecule is CCCNCc1ccc(Br)cc1Sc1ncn[nH]1. The molecule has 0 aliphatic carbocycles. The highest BCUT2D eigenvalue weighted by atomic mass is 79.9. The quantitative estimate of drug-likeness (QED) is 0.800. The third-order valence-electron chi connectivity index (χ3n) is 2.37. The minimum Gasteiger partial charge on any atom is -0.313 e. The van der Waals surface area contributed by atoms with Crippen LogP contribution in [0, 0.1) is 0 Å². The maximum Gasteiger partial charge on any atom is 0.188 e. The van der Waals surface area contributed by atoms with Crippen molar-refractivity contribution in [2.75, 3.05) is 6.54 Å². The Hall–Kier alpha value is -0.850. The van der Waals surface area contributed by atoms with E-state index in [9.17, 15) is 0 Å². The zero-order chi connectivity index (χ0) is 12.8. The molecule has 0 spiro atoms. The summed E-state index contributed by atoms with van der Waals surface area (Å²) < 4.78 is 1.07. The minimum absolute atomic E-state index is 0.810. The molecule has 1 aromatic heterocycles. The molecule has 0 aliphatic rings. The number of nitrogens with one attached hydrogen (secondary N) is 2. The van der Waals surface area contributed by atoms with E-state index >= 15 is 0 Å². The summed E-state index contributed by atoms with van der Waals surface area (Å²) >= 11 is 5.10. The number of aromatic amines is 1. The smallest absolute Gasteiger partial charge is 0.188 e. The normalized spacial score (nSPS) is 10.8. The number of benzene rings is 1. The first-order valence-electron chi connectivity index (χ1n) is 5.82. The number of rotatable bonds is 6. The van der Waals surface area contributed by atoms with Crippen molar-refractivity contribution in [3.63, 3.8) is 0 Å². The molecular weight excluding hydrogens is 312 g/mol. The lowest BCUT2D eigenvalue weighted by Crippen LogP contribution is -2.14. The summed E-state index contributed by atoms with van der Waals surface area (Å²) in [5.74, 6) is 0. The van der Waals surface area contributed by atoms with Crippen molar-refractivity contribution in [1.29, 1.82) is 0 Å². The van der Waals surface area contributed by atoms with Gasteiger partial charge in [-0.25, -0.2) is 4.98 Å². The van der Waals surface area contributed by atoms with E-state index < -0.39 is 0 Å². The van der Waals surface area contributed by atoms with E-state index in [-0.39, 0.29) is 0 Å². The van der Waals surface area contributed by atoms with Crippen LogP contribution in [0.2, 0.25) is 0 Å². The van der Waals surface area contributed by atoms with Gasteiger partial charge in [-0.3, -0.25) is 5.10 Å². The fourth-order valence-corrected chi connectivity index (χ4v) is 2.89. The standard InChI is InChI=1S/C12H15BrN4S/c1-2-5-14-7-9-3-4-10(13)6-11(9)18-12-15-8-16-17-12/h3-4,6,8,14H,2,5,7H2,1H3,(H,15,16,17). The van der Waals surface area contributed by atoms with Gasteiger partial charge >= 0.3 is 0 Å². The molecule has 6 heteroatoms. The number of hydrogen-bond donors (Lipinski definition) is 2. The molecule has 18 heavy (non-hydrogen) atoms. The topological polar surface area (TPSA) is 53.6 Å². The number of nitrogens with zero attached hydrogens (tertiary/aromatic N) is 2. The number of halogens is 1. The van der Waals surface area contributed by atoms with Gasteiger partial charge in [-0.2, -0.15) is 5.10 Å². The summed E-state index contributed by atoms with van der Waals surface area (Å²) in [6.07, 6.45) is 2.66. The Morgan fingerprint density at radius 3 is 3.06 bits per heavy atom. The maximum absolute atomic E-state index is 4.14. The van der Waals surface area contributed by atoms with Crippen LogP contribution in [0.1, 0.15) is 18.9 Å². The summed E-state index contributed by atoms with van der Waals surface area (Å²) in [6.45, 7) is 4.07. The van der Waals surface area contributed by atoms with Gasteiger partial charge in [0.2, 0.25) is 0 Å². The molecule has 0 amide bonds. The van der Waals surface area contributed by atoms with Crippen LogP contribution >= 0.6 is 27.7 Å².